The SMILES string of the molecule is COc1cc(C)ccc1C(O)c1cc(F)ccc1C. The lowest BCUT2D eigenvalue weighted by atomic mass is 9.96. The summed E-state index contributed by atoms with van der Waals surface area (Å²) in [5.74, 6) is 0.252. The normalized spacial score (nSPS) is 12.3. The number of aryl methyl sites for hydroxylation is 2. The van der Waals surface area contributed by atoms with E-state index in [9.17, 15) is 9.50 Å². The first kappa shape index (κ1) is 13.6. The molecular weight excluding hydrogens is 243 g/mol. The summed E-state index contributed by atoms with van der Waals surface area (Å²) in [6, 6.07) is 9.97. The molecule has 19 heavy (non-hydrogen) atoms. The number of hydrogen-bond donors (Lipinski definition) is 1. The van der Waals surface area contributed by atoms with Gasteiger partial charge in [-0.25, -0.2) is 4.39 Å². The summed E-state index contributed by atoms with van der Waals surface area (Å²) in [6.45, 7) is 3.80. The summed E-state index contributed by atoms with van der Waals surface area (Å²) >= 11 is 0. The molecule has 0 aliphatic carbocycles. The maximum Gasteiger partial charge on any atom is 0.125 e. The average Bonchev–Trinajstić information content (AvgIpc) is 2.40. The predicted molar refractivity (Wildman–Crippen MR) is 72.9 cm³/mol. The van der Waals surface area contributed by atoms with E-state index in [-0.39, 0.29) is 5.82 Å². The summed E-state index contributed by atoms with van der Waals surface area (Å²) in [4.78, 5) is 0. The number of aliphatic hydroxyl groups excluding tert-OH is 1. The van der Waals surface area contributed by atoms with E-state index < -0.39 is 6.10 Å². The van der Waals surface area contributed by atoms with Crippen molar-refractivity contribution >= 4 is 0 Å². The van der Waals surface area contributed by atoms with Gasteiger partial charge in [-0.3, -0.25) is 0 Å². The van der Waals surface area contributed by atoms with Crippen molar-refractivity contribution in [2.75, 3.05) is 7.11 Å². The van der Waals surface area contributed by atoms with Gasteiger partial charge >= 0.3 is 0 Å². The van der Waals surface area contributed by atoms with Crippen LogP contribution in [0.5, 0.6) is 5.75 Å². The van der Waals surface area contributed by atoms with E-state index >= 15 is 0 Å². The quantitative estimate of drug-likeness (QED) is 0.914. The summed E-state index contributed by atoms with van der Waals surface area (Å²) in [6.07, 6.45) is -0.897. The molecule has 1 unspecified atom stereocenters. The van der Waals surface area contributed by atoms with Crippen LogP contribution in [0.3, 0.4) is 0 Å². The molecule has 0 saturated heterocycles. The summed E-state index contributed by atoms with van der Waals surface area (Å²) < 4.78 is 18.6. The van der Waals surface area contributed by atoms with Gasteiger partial charge < -0.3 is 9.84 Å². The number of ether oxygens (including phenoxy) is 1. The van der Waals surface area contributed by atoms with Gasteiger partial charge in [0, 0.05) is 5.56 Å². The van der Waals surface area contributed by atoms with Crippen molar-refractivity contribution in [1.29, 1.82) is 0 Å². The number of aliphatic hydroxyl groups is 1. The highest BCUT2D eigenvalue weighted by molar-refractivity contribution is 5.44. The molecular formula is C16H17FO2. The minimum absolute atomic E-state index is 0.356. The number of rotatable bonds is 3. The molecule has 1 atom stereocenters. The van der Waals surface area contributed by atoms with E-state index in [2.05, 4.69) is 0 Å². The smallest absolute Gasteiger partial charge is 0.125 e. The van der Waals surface area contributed by atoms with Gasteiger partial charge in [0.2, 0.25) is 0 Å². The molecule has 0 aromatic heterocycles. The molecule has 0 spiro atoms. The lowest BCUT2D eigenvalue weighted by Crippen LogP contribution is -2.05. The van der Waals surface area contributed by atoms with E-state index in [1.807, 2.05) is 32.0 Å². The maximum atomic E-state index is 13.3. The monoisotopic (exact) mass is 260 g/mol. The van der Waals surface area contributed by atoms with E-state index in [4.69, 9.17) is 4.74 Å². The molecule has 0 bridgehead atoms. The third-order valence-corrected chi connectivity index (χ3v) is 3.22. The van der Waals surface area contributed by atoms with Gasteiger partial charge in [0.25, 0.3) is 0 Å². The van der Waals surface area contributed by atoms with Crippen molar-refractivity contribution in [1.82, 2.24) is 0 Å². The van der Waals surface area contributed by atoms with E-state index in [0.29, 0.717) is 16.9 Å². The Balaban J connectivity index is 2.49. The lowest BCUT2D eigenvalue weighted by molar-refractivity contribution is 0.213. The van der Waals surface area contributed by atoms with Crippen molar-refractivity contribution in [3.63, 3.8) is 0 Å². The lowest BCUT2D eigenvalue weighted by Gasteiger charge is -2.17. The first-order chi connectivity index (χ1) is 9.02. The van der Waals surface area contributed by atoms with E-state index in [0.717, 1.165) is 11.1 Å². The molecule has 0 amide bonds. The Kier molecular flexibility index (Phi) is 3.86. The zero-order chi connectivity index (χ0) is 14.0. The van der Waals surface area contributed by atoms with Crippen molar-refractivity contribution in [3.05, 3.63) is 64.5 Å². The Hall–Kier alpha value is -1.87. The van der Waals surface area contributed by atoms with E-state index in [1.165, 1.54) is 12.1 Å². The third kappa shape index (κ3) is 2.76. The van der Waals surface area contributed by atoms with Crippen LogP contribution in [0.25, 0.3) is 0 Å². The van der Waals surface area contributed by atoms with Gasteiger partial charge in [0.05, 0.1) is 7.11 Å². The Labute approximate surface area is 112 Å². The van der Waals surface area contributed by atoms with Crippen LogP contribution in [-0.4, -0.2) is 12.2 Å². The highest BCUT2D eigenvalue weighted by Crippen LogP contribution is 2.32. The first-order valence-corrected chi connectivity index (χ1v) is 6.11. The van der Waals surface area contributed by atoms with Gasteiger partial charge in [0.1, 0.15) is 17.7 Å². The second-order valence-corrected chi connectivity index (χ2v) is 4.65. The molecule has 1 N–H and O–H groups in total. The number of halogens is 1. The van der Waals surface area contributed by atoms with Crippen LogP contribution in [-0.2, 0) is 0 Å². The minimum Gasteiger partial charge on any atom is -0.496 e. The van der Waals surface area contributed by atoms with Crippen molar-refractivity contribution in [2.45, 2.75) is 20.0 Å². The second kappa shape index (κ2) is 5.41. The van der Waals surface area contributed by atoms with Crippen LogP contribution in [0.1, 0.15) is 28.4 Å². The highest BCUT2D eigenvalue weighted by atomic mass is 19.1. The van der Waals surface area contributed by atoms with Crippen LogP contribution in [0, 0.1) is 19.7 Å². The van der Waals surface area contributed by atoms with Crippen molar-refractivity contribution in [2.24, 2.45) is 0 Å². The number of methoxy groups -OCH3 is 1. The largest absolute Gasteiger partial charge is 0.496 e. The fraction of sp³-hybridized carbons (Fsp3) is 0.250. The predicted octanol–water partition coefficient (Wildman–Crippen LogP) is 3.53. The molecule has 2 rings (SSSR count). The summed E-state index contributed by atoms with van der Waals surface area (Å²) in [5.41, 5.74) is 3.09. The van der Waals surface area contributed by atoms with Gasteiger partial charge in [-0.05, 0) is 48.7 Å². The van der Waals surface area contributed by atoms with Crippen LogP contribution in [0.4, 0.5) is 4.39 Å². The Morgan fingerprint density at radius 2 is 1.79 bits per heavy atom. The van der Waals surface area contributed by atoms with Crippen LogP contribution >= 0.6 is 0 Å². The Bertz CT molecular complexity index is 593. The maximum absolute atomic E-state index is 13.3. The second-order valence-electron chi connectivity index (χ2n) is 4.65. The van der Waals surface area contributed by atoms with Crippen LogP contribution in [0.15, 0.2) is 36.4 Å². The van der Waals surface area contributed by atoms with Gasteiger partial charge in [-0.2, -0.15) is 0 Å². The fourth-order valence-corrected chi connectivity index (χ4v) is 2.12. The third-order valence-electron chi connectivity index (χ3n) is 3.22. The van der Waals surface area contributed by atoms with Gasteiger partial charge in [0.15, 0.2) is 0 Å². The molecule has 0 aliphatic heterocycles. The van der Waals surface area contributed by atoms with Gasteiger partial charge in [-0.15, -0.1) is 0 Å². The summed E-state index contributed by atoms with van der Waals surface area (Å²) in [7, 11) is 1.56. The Morgan fingerprint density at radius 1 is 1.05 bits per heavy atom. The Morgan fingerprint density at radius 3 is 2.47 bits per heavy atom. The first-order valence-electron chi connectivity index (χ1n) is 6.11. The topological polar surface area (TPSA) is 29.5 Å². The zero-order valence-electron chi connectivity index (χ0n) is 11.3. The molecule has 0 radical (unpaired) electrons. The van der Waals surface area contributed by atoms with Crippen LogP contribution < -0.4 is 4.74 Å². The summed E-state index contributed by atoms with van der Waals surface area (Å²) in [5, 5.41) is 10.5. The highest BCUT2D eigenvalue weighted by Gasteiger charge is 2.17. The van der Waals surface area contributed by atoms with Crippen molar-refractivity contribution < 1.29 is 14.2 Å². The molecule has 0 aliphatic rings. The average molecular weight is 260 g/mol. The number of benzene rings is 2. The molecule has 0 fully saturated rings. The van der Waals surface area contributed by atoms with Crippen molar-refractivity contribution in [3.8, 4) is 5.75 Å². The molecule has 2 aromatic carbocycles. The van der Waals surface area contributed by atoms with Gasteiger partial charge in [-0.1, -0.05) is 18.2 Å². The molecule has 0 saturated carbocycles. The molecule has 3 heteroatoms. The standard InChI is InChI=1S/C16H17FO2/c1-10-4-7-13(15(8-10)19-3)16(18)14-9-12(17)6-5-11(14)2/h4-9,16,18H,1-3H3. The number of hydrogen-bond acceptors (Lipinski definition) is 2. The molecule has 100 valence electrons. The molecule has 0 heterocycles. The fourth-order valence-electron chi connectivity index (χ4n) is 2.12. The van der Waals surface area contributed by atoms with E-state index in [1.54, 1.807) is 13.2 Å². The minimum atomic E-state index is -0.897. The molecule has 2 aromatic rings. The van der Waals surface area contributed by atoms with Crippen LogP contribution in [0.2, 0.25) is 0 Å². The zero-order valence-corrected chi connectivity index (χ0v) is 11.3. The molecule has 2 nitrogen and oxygen atoms in total.